The molecule has 2 aromatic carbocycles. The number of aromatic nitrogens is 1. The predicted octanol–water partition coefficient (Wildman–Crippen LogP) is 4.34. The van der Waals surface area contributed by atoms with Gasteiger partial charge in [0.05, 0.1) is 0 Å². The van der Waals surface area contributed by atoms with E-state index in [0.717, 1.165) is 42.4 Å². The molecule has 0 aliphatic carbocycles. The first kappa shape index (κ1) is 16.2. The summed E-state index contributed by atoms with van der Waals surface area (Å²) in [5, 5.41) is 11.1. The van der Waals surface area contributed by atoms with Crippen molar-refractivity contribution in [2.24, 2.45) is 0 Å². The molecule has 0 spiro atoms. The van der Waals surface area contributed by atoms with Crippen molar-refractivity contribution in [3.63, 3.8) is 0 Å². The van der Waals surface area contributed by atoms with E-state index in [0.29, 0.717) is 18.2 Å². The molecule has 0 bridgehead atoms. The van der Waals surface area contributed by atoms with Crippen LogP contribution in [0.3, 0.4) is 0 Å². The quantitative estimate of drug-likeness (QED) is 0.769. The smallest absolute Gasteiger partial charge is 0.123 e. The molecular weight excluding hydrogens is 315 g/mol. The lowest BCUT2D eigenvalue weighted by atomic mass is 9.89. The molecule has 130 valence electrons. The molecule has 1 aromatic heterocycles. The van der Waals surface area contributed by atoms with Gasteiger partial charge in [0.15, 0.2) is 0 Å². The molecule has 1 fully saturated rings. The number of likely N-dealkylation sites (tertiary alicyclic amines) is 1. The molecule has 25 heavy (non-hydrogen) atoms. The molecule has 0 saturated carbocycles. The SMILES string of the molecule is CN1CCC(c2cn(Cc3cccc(F)c3)c3ccc(O)cc23)CC1. The minimum Gasteiger partial charge on any atom is -0.508 e. The molecule has 0 radical (unpaired) electrons. The number of halogens is 1. The number of phenolic OH excluding ortho intramolecular Hbond substituents is 1. The maximum absolute atomic E-state index is 13.5. The Labute approximate surface area is 147 Å². The van der Waals surface area contributed by atoms with Gasteiger partial charge in [-0.3, -0.25) is 0 Å². The number of benzene rings is 2. The highest BCUT2D eigenvalue weighted by molar-refractivity contribution is 5.86. The summed E-state index contributed by atoms with van der Waals surface area (Å²) in [6, 6.07) is 12.3. The van der Waals surface area contributed by atoms with Crippen LogP contribution in [0.15, 0.2) is 48.7 Å². The number of nitrogens with zero attached hydrogens (tertiary/aromatic N) is 2. The Morgan fingerprint density at radius 2 is 1.92 bits per heavy atom. The molecule has 1 saturated heterocycles. The van der Waals surface area contributed by atoms with Crippen molar-refractivity contribution in [2.75, 3.05) is 20.1 Å². The summed E-state index contributed by atoms with van der Waals surface area (Å²) >= 11 is 0. The van der Waals surface area contributed by atoms with Crippen LogP contribution in [0.4, 0.5) is 4.39 Å². The van der Waals surface area contributed by atoms with E-state index in [1.165, 1.54) is 11.6 Å². The summed E-state index contributed by atoms with van der Waals surface area (Å²) in [5.41, 5.74) is 3.34. The Hall–Kier alpha value is -2.33. The fourth-order valence-corrected chi connectivity index (χ4v) is 3.92. The van der Waals surface area contributed by atoms with E-state index in [1.54, 1.807) is 18.2 Å². The van der Waals surface area contributed by atoms with E-state index in [9.17, 15) is 9.50 Å². The maximum atomic E-state index is 13.5. The highest BCUT2D eigenvalue weighted by Crippen LogP contribution is 2.36. The number of rotatable bonds is 3. The number of hydrogen-bond acceptors (Lipinski definition) is 2. The van der Waals surface area contributed by atoms with Gasteiger partial charge in [-0.1, -0.05) is 12.1 Å². The van der Waals surface area contributed by atoms with Crippen molar-refractivity contribution in [2.45, 2.75) is 25.3 Å². The average Bonchev–Trinajstić information content (AvgIpc) is 2.93. The Morgan fingerprint density at radius 3 is 2.68 bits per heavy atom. The van der Waals surface area contributed by atoms with E-state index in [4.69, 9.17) is 0 Å². The van der Waals surface area contributed by atoms with Crippen LogP contribution in [0, 0.1) is 5.82 Å². The van der Waals surface area contributed by atoms with Gasteiger partial charge in [-0.15, -0.1) is 0 Å². The Kier molecular flexibility index (Phi) is 4.22. The molecule has 4 rings (SSSR count). The van der Waals surface area contributed by atoms with Gasteiger partial charge in [0.25, 0.3) is 0 Å². The lowest BCUT2D eigenvalue weighted by Crippen LogP contribution is -2.29. The van der Waals surface area contributed by atoms with Gasteiger partial charge >= 0.3 is 0 Å². The normalized spacial score (nSPS) is 16.6. The van der Waals surface area contributed by atoms with E-state index in [1.807, 2.05) is 18.2 Å². The minimum atomic E-state index is -0.206. The summed E-state index contributed by atoms with van der Waals surface area (Å²) in [6.07, 6.45) is 4.46. The third kappa shape index (κ3) is 3.27. The first-order chi connectivity index (χ1) is 12.1. The fourth-order valence-electron chi connectivity index (χ4n) is 3.92. The number of hydrogen-bond donors (Lipinski definition) is 1. The Balaban J connectivity index is 1.74. The molecule has 4 heteroatoms. The predicted molar refractivity (Wildman–Crippen MR) is 98.6 cm³/mol. The minimum absolute atomic E-state index is 0.206. The highest BCUT2D eigenvalue weighted by atomic mass is 19.1. The highest BCUT2D eigenvalue weighted by Gasteiger charge is 2.22. The number of phenols is 1. The van der Waals surface area contributed by atoms with Crippen molar-refractivity contribution in [3.05, 3.63) is 65.6 Å². The molecule has 1 N–H and O–H groups in total. The zero-order valence-electron chi connectivity index (χ0n) is 14.5. The number of fused-ring (bicyclic) bond motifs is 1. The van der Waals surface area contributed by atoms with E-state index in [-0.39, 0.29) is 5.82 Å². The standard InChI is InChI=1S/C21H23FN2O/c1-23-9-7-16(8-10-23)20-14-24(13-15-3-2-4-17(22)11-15)21-6-5-18(25)12-19(20)21/h2-6,11-12,14,16,25H,7-10,13H2,1H3. The van der Waals surface area contributed by atoms with Crippen LogP contribution in [-0.2, 0) is 6.54 Å². The van der Waals surface area contributed by atoms with Crippen molar-refractivity contribution in [1.82, 2.24) is 9.47 Å². The molecule has 3 aromatic rings. The van der Waals surface area contributed by atoms with Crippen molar-refractivity contribution in [1.29, 1.82) is 0 Å². The van der Waals surface area contributed by atoms with Crippen LogP contribution in [0.25, 0.3) is 10.9 Å². The molecule has 1 aliphatic rings. The average molecular weight is 338 g/mol. The van der Waals surface area contributed by atoms with Gasteiger partial charge in [-0.05, 0) is 80.4 Å². The lowest BCUT2D eigenvalue weighted by molar-refractivity contribution is 0.256. The molecule has 1 aliphatic heterocycles. The van der Waals surface area contributed by atoms with Crippen LogP contribution in [0.2, 0.25) is 0 Å². The van der Waals surface area contributed by atoms with Gasteiger partial charge in [0.2, 0.25) is 0 Å². The lowest BCUT2D eigenvalue weighted by Gasteiger charge is -2.28. The molecular formula is C21H23FN2O. The number of piperidine rings is 1. The third-order valence-electron chi connectivity index (χ3n) is 5.30. The summed E-state index contributed by atoms with van der Waals surface area (Å²) in [6.45, 7) is 2.83. The van der Waals surface area contributed by atoms with Crippen LogP contribution in [-0.4, -0.2) is 34.7 Å². The van der Waals surface area contributed by atoms with E-state index < -0.39 is 0 Å². The van der Waals surface area contributed by atoms with Gasteiger partial charge in [0, 0.05) is 23.6 Å². The van der Waals surface area contributed by atoms with Crippen molar-refractivity contribution in [3.8, 4) is 5.75 Å². The second kappa shape index (κ2) is 6.52. The summed E-state index contributed by atoms with van der Waals surface area (Å²) < 4.78 is 15.7. The van der Waals surface area contributed by atoms with Crippen LogP contribution >= 0.6 is 0 Å². The van der Waals surface area contributed by atoms with E-state index >= 15 is 0 Å². The largest absolute Gasteiger partial charge is 0.508 e. The maximum Gasteiger partial charge on any atom is 0.123 e. The summed E-state index contributed by atoms with van der Waals surface area (Å²) in [4.78, 5) is 2.36. The third-order valence-corrected chi connectivity index (χ3v) is 5.30. The summed E-state index contributed by atoms with van der Waals surface area (Å²) in [7, 11) is 2.16. The van der Waals surface area contributed by atoms with Crippen LogP contribution in [0.1, 0.15) is 29.9 Å². The zero-order valence-corrected chi connectivity index (χ0v) is 14.5. The van der Waals surface area contributed by atoms with Crippen LogP contribution in [0.5, 0.6) is 5.75 Å². The monoisotopic (exact) mass is 338 g/mol. The van der Waals surface area contributed by atoms with Gasteiger partial charge in [-0.2, -0.15) is 0 Å². The van der Waals surface area contributed by atoms with Crippen LogP contribution < -0.4 is 0 Å². The first-order valence-corrected chi connectivity index (χ1v) is 8.85. The molecule has 2 heterocycles. The first-order valence-electron chi connectivity index (χ1n) is 8.85. The second-order valence-corrected chi connectivity index (χ2v) is 7.12. The van der Waals surface area contributed by atoms with E-state index in [2.05, 4.69) is 22.7 Å². The number of aromatic hydroxyl groups is 1. The Morgan fingerprint density at radius 1 is 1.12 bits per heavy atom. The zero-order chi connectivity index (χ0) is 17.4. The molecule has 0 atom stereocenters. The topological polar surface area (TPSA) is 28.4 Å². The van der Waals surface area contributed by atoms with Gasteiger partial charge < -0.3 is 14.6 Å². The van der Waals surface area contributed by atoms with Gasteiger partial charge in [-0.25, -0.2) is 4.39 Å². The summed E-state index contributed by atoms with van der Waals surface area (Å²) in [5.74, 6) is 0.599. The Bertz CT molecular complexity index is 894. The molecule has 0 unspecified atom stereocenters. The molecule has 0 amide bonds. The molecule has 3 nitrogen and oxygen atoms in total. The second-order valence-electron chi connectivity index (χ2n) is 7.12. The van der Waals surface area contributed by atoms with Crippen molar-refractivity contribution < 1.29 is 9.50 Å². The van der Waals surface area contributed by atoms with Gasteiger partial charge in [0.1, 0.15) is 11.6 Å². The van der Waals surface area contributed by atoms with Crippen molar-refractivity contribution >= 4 is 10.9 Å². The fraction of sp³-hybridized carbons (Fsp3) is 0.333.